The smallest absolute Gasteiger partial charge is 0.242 e. The number of nitrogens with one attached hydrogen (secondary N) is 2. The summed E-state index contributed by atoms with van der Waals surface area (Å²) in [5.74, 6) is 0.561. The summed E-state index contributed by atoms with van der Waals surface area (Å²) >= 11 is 5.92. The molecule has 1 atom stereocenters. The zero-order chi connectivity index (χ0) is 14.1. The number of rotatable bonds is 4. The number of carbonyl (C=O) groups excluding carboxylic acids is 1. The summed E-state index contributed by atoms with van der Waals surface area (Å²) < 4.78 is 0. The molecule has 1 aliphatic carbocycles. The molecule has 1 amide bonds. The molecule has 2 N–H and O–H groups in total. The predicted molar refractivity (Wildman–Crippen MR) is 78.8 cm³/mol. The maximum atomic E-state index is 12.0. The third-order valence-electron chi connectivity index (χ3n) is 3.25. The number of fused-ring (bicyclic) bond motifs is 1. The van der Waals surface area contributed by atoms with Gasteiger partial charge in [0.2, 0.25) is 11.2 Å². The molecule has 104 valence electrons. The van der Waals surface area contributed by atoms with Crippen LogP contribution in [0.2, 0.25) is 5.28 Å². The lowest BCUT2D eigenvalue weighted by Gasteiger charge is -2.15. The highest BCUT2D eigenvalue weighted by Gasteiger charge is 2.25. The molecule has 1 aromatic carbocycles. The van der Waals surface area contributed by atoms with Gasteiger partial charge >= 0.3 is 0 Å². The molecule has 2 aromatic rings. The van der Waals surface area contributed by atoms with Crippen molar-refractivity contribution in [1.82, 2.24) is 15.3 Å². The number of amides is 1. The van der Waals surface area contributed by atoms with Crippen LogP contribution in [-0.2, 0) is 4.79 Å². The molecule has 20 heavy (non-hydrogen) atoms. The Hall–Kier alpha value is -1.88. The first kappa shape index (κ1) is 13.1. The topological polar surface area (TPSA) is 66.9 Å². The fourth-order valence-corrected chi connectivity index (χ4v) is 2.16. The van der Waals surface area contributed by atoms with Gasteiger partial charge in [-0.15, -0.1) is 0 Å². The van der Waals surface area contributed by atoms with Crippen LogP contribution < -0.4 is 10.6 Å². The second-order valence-corrected chi connectivity index (χ2v) is 5.35. The van der Waals surface area contributed by atoms with E-state index in [0.717, 1.165) is 23.7 Å². The minimum absolute atomic E-state index is 0.0219. The van der Waals surface area contributed by atoms with E-state index in [4.69, 9.17) is 11.6 Å². The van der Waals surface area contributed by atoms with Crippen molar-refractivity contribution in [3.63, 3.8) is 0 Å². The SMILES string of the molecule is CC(Nc1nc(Cl)nc2ccccc12)C(=O)NC1CC1. The van der Waals surface area contributed by atoms with Gasteiger partial charge in [-0.1, -0.05) is 12.1 Å². The fourth-order valence-electron chi connectivity index (χ4n) is 1.98. The van der Waals surface area contributed by atoms with Gasteiger partial charge < -0.3 is 10.6 Å². The quantitative estimate of drug-likeness (QED) is 0.848. The molecule has 1 aromatic heterocycles. The van der Waals surface area contributed by atoms with Crippen LogP contribution in [0.5, 0.6) is 0 Å². The van der Waals surface area contributed by atoms with E-state index < -0.39 is 0 Å². The number of nitrogens with zero attached hydrogens (tertiary/aromatic N) is 2. The summed E-state index contributed by atoms with van der Waals surface area (Å²) in [5.41, 5.74) is 0.754. The molecule has 1 saturated carbocycles. The standard InChI is InChI=1S/C14H15ClN4O/c1-8(13(20)17-9-6-7-9)16-12-10-4-2-3-5-11(10)18-14(15)19-12/h2-5,8-9H,6-7H2,1H3,(H,17,20)(H,16,18,19). The summed E-state index contributed by atoms with van der Waals surface area (Å²) in [6.45, 7) is 1.81. The Kier molecular flexibility index (Phi) is 3.44. The highest BCUT2D eigenvalue weighted by Crippen LogP contribution is 2.23. The van der Waals surface area contributed by atoms with Gasteiger partial charge in [0.15, 0.2) is 0 Å². The lowest BCUT2D eigenvalue weighted by atomic mass is 10.2. The van der Waals surface area contributed by atoms with Crippen molar-refractivity contribution in [1.29, 1.82) is 0 Å². The van der Waals surface area contributed by atoms with Crippen molar-refractivity contribution in [3.05, 3.63) is 29.5 Å². The van der Waals surface area contributed by atoms with E-state index in [2.05, 4.69) is 20.6 Å². The third-order valence-corrected chi connectivity index (χ3v) is 3.42. The van der Waals surface area contributed by atoms with Crippen molar-refractivity contribution < 1.29 is 4.79 Å². The van der Waals surface area contributed by atoms with E-state index in [1.807, 2.05) is 31.2 Å². The van der Waals surface area contributed by atoms with E-state index in [1.165, 1.54) is 0 Å². The van der Waals surface area contributed by atoms with Gasteiger partial charge in [-0.05, 0) is 43.5 Å². The lowest BCUT2D eigenvalue weighted by Crippen LogP contribution is -2.38. The maximum Gasteiger partial charge on any atom is 0.242 e. The molecule has 5 nitrogen and oxygen atoms in total. The van der Waals surface area contributed by atoms with Gasteiger partial charge in [-0.25, -0.2) is 9.97 Å². The number of carbonyl (C=O) groups is 1. The van der Waals surface area contributed by atoms with E-state index in [9.17, 15) is 4.79 Å². The Labute approximate surface area is 121 Å². The van der Waals surface area contributed by atoms with E-state index in [0.29, 0.717) is 11.9 Å². The van der Waals surface area contributed by atoms with Gasteiger partial charge in [-0.2, -0.15) is 0 Å². The number of benzene rings is 1. The van der Waals surface area contributed by atoms with Gasteiger partial charge in [0.25, 0.3) is 0 Å². The van der Waals surface area contributed by atoms with Crippen LogP contribution in [0.1, 0.15) is 19.8 Å². The van der Waals surface area contributed by atoms with Crippen LogP contribution in [0.3, 0.4) is 0 Å². The van der Waals surface area contributed by atoms with Crippen LogP contribution in [-0.4, -0.2) is 28.0 Å². The summed E-state index contributed by atoms with van der Waals surface area (Å²) in [7, 11) is 0. The normalized spacial score (nSPS) is 15.9. The molecule has 1 fully saturated rings. The van der Waals surface area contributed by atoms with Crippen LogP contribution in [0, 0.1) is 0 Å². The summed E-state index contributed by atoms with van der Waals surface area (Å²) in [6.07, 6.45) is 2.14. The highest BCUT2D eigenvalue weighted by molar-refractivity contribution is 6.28. The average Bonchev–Trinajstić information content (AvgIpc) is 3.22. The Balaban J connectivity index is 1.83. The van der Waals surface area contributed by atoms with Crippen LogP contribution >= 0.6 is 11.6 Å². The van der Waals surface area contributed by atoms with Crippen molar-refractivity contribution in [2.45, 2.75) is 31.8 Å². The molecule has 1 unspecified atom stereocenters. The van der Waals surface area contributed by atoms with Gasteiger partial charge in [0.1, 0.15) is 11.9 Å². The van der Waals surface area contributed by atoms with E-state index in [1.54, 1.807) is 0 Å². The number of aromatic nitrogens is 2. The van der Waals surface area contributed by atoms with Crippen LogP contribution in [0.4, 0.5) is 5.82 Å². The Morgan fingerprint density at radius 3 is 2.85 bits per heavy atom. The average molecular weight is 291 g/mol. The zero-order valence-corrected chi connectivity index (χ0v) is 11.8. The second kappa shape index (κ2) is 5.25. The lowest BCUT2D eigenvalue weighted by molar-refractivity contribution is -0.121. The number of anilines is 1. The third kappa shape index (κ3) is 2.82. The van der Waals surface area contributed by atoms with Gasteiger partial charge in [-0.3, -0.25) is 4.79 Å². The predicted octanol–water partition coefficient (Wildman–Crippen LogP) is 2.36. The minimum Gasteiger partial charge on any atom is -0.358 e. The Bertz CT molecular complexity index is 657. The molecular formula is C14H15ClN4O. The first-order valence-electron chi connectivity index (χ1n) is 6.62. The van der Waals surface area contributed by atoms with Gasteiger partial charge in [0.05, 0.1) is 5.52 Å². The summed E-state index contributed by atoms with van der Waals surface area (Å²) in [6, 6.07) is 7.53. The zero-order valence-electron chi connectivity index (χ0n) is 11.1. The first-order valence-corrected chi connectivity index (χ1v) is 7.00. The van der Waals surface area contributed by atoms with Crippen molar-refractivity contribution in [2.75, 3.05) is 5.32 Å². The van der Waals surface area contributed by atoms with Crippen molar-refractivity contribution >= 4 is 34.2 Å². The second-order valence-electron chi connectivity index (χ2n) is 5.01. The molecule has 1 aliphatic rings. The summed E-state index contributed by atoms with van der Waals surface area (Å²) in [4.78, 5) is 20.3. The molecule has 0 aliphatic heterocycles. The molecule has 0 saturated heterocycles. The number of hydrogen-bond donors (Lipinski definition) is 2. The largest absolute Gasteiger partial charge is 0.358 e. The fraction of sp³-hybridized carbons (Fsp3) is 0.357. The molecule has 0 radical (unpaired) electrons. The molecule has 6 heteroatoms. The van der Waals surface area contributed by atoms with Crippen LogP contribution in [0.15, 0.2) is 24.3 Å². The van der Waals surface area contributed by atoms with Gasteiger partial charge in [0, 0.05) is 11.4 Å². The van der Waals surface area contributed by atoms with Crippen molar-refractivity contribution in [3.8, 4) is 0 Å². The molecule has 0 spiro atoms. The van der Waals surface area contributed by atoms with E-state index in [-0.39, 0.29) is 17.2 Å². The monoisotopic (exact) mass is 290 g/mol. The Morgan fingerprint density at radius 1 is 1.35 bits per heavy atom. The maximum absolute atomic E-state index is 12.0. The number of halogens is 1. The summed E-state index contributed by atoms with van der Waals surface area (Å²) in [5, 5.41) is 7.09. The number of hydrogen-bond acceptors (Lipinski definition) is 4. The van der Waals surface area contributed by atoms with E-state index >= 15 is 0 Å². The minimum atomic E-state index is -0.370. The molecular weight excluding hydrogens is 276 g/mol. The Morgan fingerprint density at radius 2 is 2.10 bits per heavy atom. The molecule has 1 heterocycles. The van der Waals surface area contributed by atoms with Crippen LogP contribution in [0.25, 0.3) is 10.9 Å². The molecule has 0 bridgehead atoms. The van der Waals surface area contributed by atoms with Crippen molar-refractivity contribution in [2.24, 2.45) is 0 Å². The highest BCUT2D eigenvalue weighted by atomic mass is 35.5. The first-order chi connectivity index (χ1) is 9.63. The molecule has 3 rings (SSSR count). The number of para-hydroxylation sites is 1.